The van der Waals surface area contributed by atoms with E-state index in [1.165, 1.54) is 17.8 Å². The lowest BCUT2D eigenvalue weighted by Gasteiger charge is -2.12. The molecule has 0 atom stereocenters. The van der Waals surface area contributed by atoms with Crippen molar-refractivity contribution in [3.05, 3.63) is 82.1 Å². The van der Waals surface area contributed by atoms with E-state index in [2.05, 4.69) is 10.3 Å². The molecular weight excluding hydrogens is 456 g/mol. The molecule has 1 aliphatic rings. The Labute approximate surface area is 200 Å². The third-order valence-electron chi connectivity index (χ3n) is 4.80. The zero-order chi connectivity index (χ0) is 24.1. The Morgan fingerprint density at radius 3 is 2.71 bits per heavy atom. The fourth-order valence-electron chi connectivity index (χ4n) is 3.15. The summed E-state index contributed by atoms with van der Waals surface area (Å²) in [5, 5.41) is 12.3. The van der Waals surface area contributed by atoms with Crippen LogP contribution in [0.15, 0.2) is 68.9 Å². The zero-order valence-electron chi connectivity index (χ0n) is 18.5. The molecule has 0 saturated carbocycles. The van der Waals surface area contributed by atoms with Gasteiger partial charge in [-0.2, -0.15) is 0 Å². The number of carbonyl (C=O) groups is 2. The van der Waals surface area contributed by atoms with Crippen molar-refractivity contribution in [2.45, 2.75) is 20.5 Å². The Balaban J connectivity index is 1.50. The van der Waals surface area contributed by atoms with Crippen LogP contribution in [0.1, 0.15) is 34.4 Å². The minimum Gasteiger partial charge on any atom is -0.490 e. The maximum atomic E-state index is 12.5. The molecule has 1 aliphatic heterocycles. The second-order valence-corrected chi connectivity index (χ2v) is 8.30. The number of aliphatic imine (C=N–C) groups is 1. The first-order chi connectivity index (χ1) is 16.4. The van der Waals surface area contributed by atoms with Crippen molar-refractivity contribution < 1.29 is 28.6 Å². The molecule has 2 N–H and O–H groups in total. The number of hydrogen-bond acceptors (Lipinski definition) is 7. The van der Waals surface area contributed by atoms with Gasteiger partial charge in [-0.25, -0.2) is 9.79 Å². The van der Waals surface area contributed by atoms with Gasteiger partial charge in [0.05, 0.1) is 17.2 Å². The summed E-state index contributed by atoms with van der Waals surface area (Å²) in [6.07, 6.45) is 1.76. The van der Waals surface area contributed by atoms with Crippen LogP contribution in [0.3, 0.4) is 0 Å². The number of aromatic carboxylic acids is 1. The summed E-state index contributed by atoms with van der Waals surface area (Å²) in [4.78, 5) is 28.5. The molecule has 0 unspecified atom stereocenters. The summed E-state index contributed by atoms with van der Waals surface area (Å²) in [6.45, 7) is 4.29. The third kappa shape index (κ3) is 5.49. The minimum absolute atomic E-state index is 0.0464. The van der Waals surface area contributed by atoms with Crippen LogP contribution >= 0.6 is 11.8 Å². The van der Waals surface area contributed by atoms with E-state index < -0.39 is 5.97 Å². The van der Waals surface area contributed by atoms with Crippen LogP contribution in [0.5, 0.6) is 11.5 Å². The van der Waals surface area contributed by atoms with Crippen LogP contribution in [0.25, 0.3) is 6.08 Å². The molecule has 1 fully saturated rings. The molecule has 1 amide bonds. The Bertz CT molecular complexity index is 1290. The van der Waals surface area contributed by atoms with Gasteiger partial charge >= 0.3 is 5.97 Å². The molecule has 3 aromatic rings. The topological polar surface area (TPSA) is 110 Å². The molecule has 0 bridgehead atoms. The van der Waals surface area contributed by atoms with Crippen LogP contribution in [0, 0.1) is 6.92 Å². The highest BCUT2D eigenvalue weighted by atomic mass is 32.2. The standard InChI is InChI=1S/C25H22N2O6S/c1-3-31-21-12-16(8-10-19(21)32-14-17-9-11-20(33-17)24(29)30)13-22-23(28)27-25(34-22)26-18-7-5-4-6-15(18)2/h4-13H,3,14H2,1-2H3,(H,29,30)(H,26,27,28). The van der Waals surface area contributed by atoms with Crippen molar-refractivity contribution in [3.8, 4) is 11.5 Å². The summed E-state index contributed by atoms with van der Waals surface area (Å²) in [6, 6.07) is 16.0. The number of carbonyl (C=O) groups excluding carboxylic acids is 1. The number of carboxylic acid groups (broad SMARTS) is 1. The number of carboxylic acids is 1. The van der Waals surface area contributed by atoms with E-state index in [1.54, 1.807) is 30.3 Å². The number of benzene rings is 2. The van der Waals surface area contributed by atoms with Crippen molar-refractivity contribution >= 4 is 40.6 Å². The van der Waals surface area contributed by atoms with Gasteiger partial charge in [-0.05, 0) is 73.1 Å². The van der Waals surface area contributed by atoms with Gasteiger partial charge in [0, 0.05) is 0 Å². The summed E-state index contributed by atoms with van der Waals surface area (Å²) in [5.41, 5.74) is 2.59. The first kappa shape index (κ1) is 23.2. The Hall–Kier alpha value is -3.98. The maximum Gasteiger partial charge on any atom is 0.371 e. The molecule has 0 spiro atoms. The van der Waals surface area contributed by atoms with Crippen LogP contribution < -0.4 is 14.8 Å². The van der Waals surface area contributed by atoms with Gasteiger partial charge in [-0.1, -0.05) is 24.3 Å². The number of amidine groups is 1. The fourth-order valence-corrected chi connectivity index (χ4v) is 3.99. The smallest absolute Gasteiger partial charge is 0.371 e. The van der Waals surface area contributed by atoms with Gasteiger partial charge in [-0.15, -0.1) is 0 Å². The minimum atomic E-state index is -1.14. The van der Waals surface area contributed by atoms with Crippen LogP contribution in [0.4, 0.5) is 5.69 Å². The largest absolute Gasteiger partial charge is 0.490 e. The molecule has 34 heavy (non-hydrogen) atoms. The number of ether oxygens (including phenoxy) is 2. The number of para-hydroxylation sites is 1. The Kier molecular flexibility index (Phi) is 7.03. The van der Waals surface area contributed by atoms with Gasteiger partial charge in [0.25, 0.3) is 5.91 Å². The van der Waals surface area contributed by atoms with Crippen molar-refractivity contribution in [1.29, 1.82) is 0 Å². The average Bonchev–Trinajstić information content (AvgIpc) is 3.42. The van der Waals surface area contributed by atoms with Crippen molar-refractivity contribution in [1.82, 2.24) is 5.32 Å². The van der Waals surface area contributed by atoms with Gasteiger partial charge < -0.3 is 24.3 Å². The monoisotopic (exact) mass is 478 g/mol. The quantitative estimate of drug-likeness (QED) is 0.431. The van der Waals surface area contributed by atoms with Crippen LogP contribution in [0.2, 0.25) is 0 Å². The summed E-state index contributed by atoms with van der Waals surface area (Å²) in [7, 11) is 0. The van der Waals surface area contributed by atoms with Gasteiger partial charge in [0.2, 0.25) is 5.76 Å². The van der Waals surface area contributed by atoms with E-state index in [4.69, 9.17) is 19.0 Å². The highest BCUT2D eigenvalue weighted by Gasteiger charge is 2.24. The Morgan fingerprint density at radius 1 is 1.15 bits per heavy atom. The highest BCUT2D eigenvalue weighted by molar-refractivity contribution is 8.18. The first-order valence-electron chi connectivity index (χ1n) is 10.5. The lowest BCUT2D eigenvalue weighted by atomic mass is 10.2. The third-order valence-corrected chi connectivity index (χ3v) is 5.71. The second-order valence-electron chi connectivity index (χ2n) is 7.27. The number of aryl methyl sites for hydroxylation is 1. The summed E-state index contributed by atoms with van der Waals surface area (Å²) >= 11 is 1.27. The number of nitrogens with zero attached hydrogens (tertiary/aromatic N) is 1. The molecule has 1 saturated heterocycles. The van der Waals surface area contributed by atoms with Crippen molar-refractivity contribution in [3.63, 3.8) is 0 Å². The summed E-state index contributed by atoms with van der Waals surface area (Å²) in [5.74, 6) is -0.155. The van der Waals surface area contributed by atoms with E-state index in [-0.39, 0.29) is 18.3 Å². The van der Waals surface area contributed by atoms with E-state index >= 15 is 0 Å². The number of rotatable bonds is 8. The second kappa shape index (κ2) is 10.3. The SMILES string of the molecule is CCOc1cc(C=C2SC(=Nc3ccccc3C)NC2=O)ccc1OCc1ccc(C(=O)O)o1. The molecule has 174 valence electrons. The lowest BCUT2D eigenvalue weighted by Crippen LogP contribution is -2.19. The average molecular weight is 479 g/mol. The number of furan rings is 1. The molecule has 0 radical (unpaired) electrons. The van der Waals surface area contributed by atoms with Crippen molar-refractivity contribution in [2.24, 2.45) is 4.99 Å². The van der Waals surface area contributed by atoms with E-state index in [9.17, 15) is 9.59 Å². The van der Waals surface area contributed by atoms with Gasteiger partial charge in [0.15, 0.2) is 16.7 Å². The molecular formula is C25H22N2O6S. The molecule has 1 aromatic heterocycles. The van der Waals surface area contributed by atoms with E-state index in [1.807, 2.05) is 38.1 Å². The maximum absolute atomic E-state index is 12.5. The zero-order valence-corrected chi connectivity index (χ0v) is 19.3. The highest BCUT2D eigenvalue weighted by Crippen LogP contribution is 2.33. The predicted octanol–water partition coefficient (Wildman–Crippen LogP) is 5.16. The molecule has 0 aliphatic carbocycles. The normalized spacial score (nSPS) is 15.5. The number of nitrogens with one attached hydrogen (secondary N) is 1. The van der Waals surface area contributed by atoms with E-state index in [0.29, 0.717) is 33.9 Å². The molecule has 2 heterocycles. The van der Waals surface area contributed by atoms with Gasteiger partial charge in [-0.3, -0.25) is 4.79 Å². The number of hydrogen-bond donors (Lipinski definition) is 2. The van der Waals surface area contributed by atoms with Crippen LogP contribution in [-0.2, 0) is 11.4 Å². The number of thioether (sulfide) groups is 1. The number of amides is 1. The molecule has 2 aromatic carbocycles. The lowest BCUT2D eigenvalue weighted by molar-refractivity contribution is -0.115. The van der Waals surface area contributed by atoms with Crippen LogP contribution in [-0.4, -0.2) is 28.8 Å². The molecule has 4 rings (SSSR count). The Morgan fingerprint density at radius 2 is 1.97 bits per heavy atom. The predicted molar refractivity (Wildman–Crippen MR) is 130 cm³/mol. The summed E-state index contributed by atoms with van der Waals surface area (Å²) < 4.78 is 16.7. The molecule has 8 nitrogen and oxygen atoms in total. The fraction of sp³-hybridized carbons (Fsp3) is 0.160. The van der Waals surface area contributed by atoms with E-state index in [0.717, 1.165) is 16.8 Å². The first-order valence-corrected chi connectivity index (χ1v) is 11.3. The van der Waals surface area contributed by atoms with Gasteiger partial charge in [0.1, 0.15) is 12.4 Å². The van der Waals surface area contributed by atoms with Crippen molar-refractivity contribution in [2.75, 3.05) is 6.61 Å². The molecule has 9 heteroatoms.